The second-order valence-corrected chi connectivity index (χ2v) is 17.6. The molecule has 11 atom stereocenters. The van der Waals surface area contributed by atoms with Gasteiger partial charge in [-0.15, -0.1) is 0 Å². The second-order valence-electron chi connectivity index (χ2n) is 17.6. The molecule has 1 saturated heterocycles. The highest BCUT2D eigenvalue weighted by Crippen LogP contribution is 2.64. The number of nitrogens with one attached hydrogen (secondary N) is 1. The van der Waals surface area contributed by atoms with E-state index >= 15 is 0 Å². The van der Waals surface area contributed by atoms with Gasteiger partial charge in [-0.2, -0.15) is 0 Å². The SMILES string of the molecule is CC(=O)O[C@@]12CO[C@@H]1C[C@H](O)[C@@]1(C)C(=O)[C@H](O)C3=C(C)[C@@H](OC(=O)[C@@H](O)[C@H](NC(=O)OC(C)(C)C)c4ccccc4)C[C@@](O)([C@@H](OC(=O)c4ccccc4)[C@H]21)C3(C)C. The lowest BCUT2D eigenvalue weighted by molar-refractivity contribution is -0.346. The fraction of sp³-hybridized carbons (Fsp3) is 0.558. The van der Waals surface area contributed by atoms with E-state index in [1.54, 1.807) is 83.1 Å². The molecule has 1 heterocycles. The smallest absolute Gasteiger partial charge is 0.408 e. The van der Waals surface area contributed by atoms with Gasteiger partial charge in [0.1, 0.15) is 35.6 Å². The van der Waals surface area contributed by atoms with E-state index in [4.69, 9.17) is 23.7 Å². The number of rotatable bonds is 8. The number of alkyl carbamates (subject to hydrolysis) is 1. The number of esters is 3. The molecule has 5 N–H and O–H groups in total. The summed E-state index contributed by atoms with van der Waals surface area (Å²) in [4.78, 5) is 68.9. The summed E-state index contributed by atoms with van der Waals surface area (Å²) in [5.41, 5.74) is -8.14. The van der Waals surface area contributed by atoms with Crippen LogP contribution in [0.4, 0.5) is 4.79 Å². The Morgan fingerprint density at radius 1 is 0.948 bits per heavy atom. The average molecular weight is 808 g/mol. The Kier molecular flexibility index (Phi) is 11.2. The first-order valence-corrected chi connectivity index (χ1v) is 19.3. The third-order valence-corrected chi connectivity index (χ3v) is 12.6. The van der Waals surface area contributed by atoms with Gasteiger partial charge in [0.05, 0.1) is 35.6 Å². The zero-order chi connectivity index (χ0) is 42.7. The molecular weight excluding hydrogens is 754 g/mol. The van der Waals surface area contributed by atoms with Crippen molar-refractivity contribution in [3.05, 3.63) is 82.9 Å². The van der Waals surface area contributed by atoms with E-state index in [2.05, 4.69) is 5.32 Å². The van der Waals surface area contributed by atoms with Crippen molar-refractivity contribution in [1.29, 1.82) is 0 Å². The van der Waals surface area contributed by atoms with Crippen molar-refractivity contribution in [3.8, 4) is 0 Å². The lowest BCUT2D eigenvalue weighted by Crippen LogP contribution is -2.81. The molecule has 2 aromatic carbocycles. The van der Waals surface area contributed by atoms with Crippen LogP contribution < -0.4 is 5.32 Å². The molecule has 3 fully saturated rings. The maximum atomic E-state index is 14.9. The molecule has 2 bridgehead atoms. The Balaban J connectivity index is 1.49. The van der Waals surface area contributed by atoms with Crippen LogP contribution in [0, 0.1) is 16.7 Å². The fourth-order valence-electron chi connectivity index (χ4n) is 9.56. The predicted octanol–water partition coefficient (Wildman–Crippen LogP) is 3.26. The maximum Gasteiger partial charge on any atom is 0.408 e. The van der Waals surface area contributed by atoms with Crippen LogP contribution in [-0.2, 0) is 38.1 Å². The van der Waals surface area contributed by atoms with Crippen molar-refractivity contribution in [2.75, 3.05) is 6.61 Å². The predicted molar refractivity (Wildman–Crippen MR) is 204 cm³/mol. The monoisotopic (exact) mass is 807 g/mol. The average Bonchev–Trinajstić information content (AvgIpc) is 3.14. The summed E-state index contributed by atoms with van der Waals surface area (Å²) >= 11 is 0. The molecule has 314 valence electrons. The highest BCUT2D eigenvalue weighted by Gasteiger charge is 2.78. The molecule has 58 heavy (non-hydrogen) atoms. The Morgan fingerprint density at radius 2 is 1.55 bits per heavy atom. The summed E-state index contributed by atoms with van der Waals surface area (Å²) in [5, 5.41) is 51.6. The summed E-state index contributed by atoms with van der Waals surface area (Å²) in [6.07, 6.45) is -11.5. The summed E-state index contributed by atoms with van der Waals surface area (Å²) in [5.74, 6) is -5.36. The van der Waals surface area contributed by atoms with Crippen molar-refractivity contribution >= 4 is 29.8 Å². The van der Waals surface area contributed by atoms with Crippen LogP contribution in [0.2, 0.25) is 0 Å². The van der Waals surface area contributed by atoms with Crippen molar-refractivity contribution in [2.45, 2.75) is 128 Å². The second kappa shape index (κ2) is 15.2. The molecule has 1 aliphatic heterocycles. The van der Waals surface area contributed by atoms with Crippen LogP contribution in [0.25, 0.3) is 0 Å². The Bertz CT molecular complexity index is 1980. The Labute approximate surface area is 336 Å². The molecule has 0 radical (unpaired) electrons. The molecule has 1 amide bonds. The minimum absolute atomic E-state index is 0.0637. The normalized spacial score (nSPS) is 33.7. The van der Waals surface area contributed by atoms with Gasteiger partial charge in [-0.25, -0.2) is 14.4 Å². The van der Waals surface area contributed by atoms with E-state index < -0.39 is 112 Å². The molecule has 15 heteroatoms. The number of benzene rings is 2. The van der Waals surface area contributed by atoms with Gasteiger partial charge in [-0.1, -0.05) is 62.4 Å². The van der Waals surface area contributed by atoms with Crippen LogP contribution in [0.15, 0.2) is 71.8 Å². The first-order chi connectivity index (χ1) is 27.0. The minimum Gasteiger partial charge on any atom is -0.456 e. The van der Waals surface area contributed by atoms with Crippen molar-refractivity contribution in [2.24, 2.45) is 16.7 Å². The highest BCUT2D eigenvalue weighted by molar-refractivity contribution is 5.94. The topological polar surface area (TPSA) is 224 Å². The van der Waals surface area contributed by atoms with Gasteiger partial charge in [0.2, 0.25) is 0 Å². The first-order valence-electron chi connectivity index (χ1n) is 19.3. The first kappa shape index (κ1) is 42.9. The zero-order valence-electron chi connectivity index (χ0n) is 33.9. The Morgan fingerprint density at radius 3 is 2.10 bits per heavy atom. The number of carbonyl (C=O) groups excluding carboxylic acids is 5. The van der Waals surface area contributed by atoms with E-state index in [1.807, 2.05) is 0 Å². The number of Topliss-reactive ketones (excluding diaryl/α,β-unsaturated/α-hetero) is 1. The van der Waals surface area contributed by atoms with Crippen molar-refractivity contribution in [1.82, 2.24) is 5.32 Å². The summed E-state index contributed by atoms with van der Waals surface area (Å²) in [6, 6.07) is 14.6. The number of carbonyl (C=O) groups is 5. The number of ketones is 1. The molecule has 0 aromatic heterocycles. The van der Waals surface area contributed by atoms with Crippen molar-refractivity contribution in [3.63, 3.8) is 0 Å². The number of aliphatic hydroxyl groups excluding tert-OH is 3. The number of hydrogen-bond donors (Lipinski definition) is 5. The van der Waals surface area contributed by atoms with Gasteiger partial charge in [-0.3, -0.25) is 9.59 Å². The standard InChI is InChI=1S/C43H53NO14/c1-22-26(55-37(51)32(48)30(24-15-11-9-12-16-24)44-38(52)58-39(3,4)5)20-43(53)35(56-36(50)25-17-13-10-14-18-25)33-41(8,34(49)31(47)29(22)40(43,6)7)27(46)19-28-42(33,21-54-28)57-23(2)45/h9-18,26-28,30-33,35,46-48,53H,19-21H2,1-8H3,(H,44,52)/t26-,27-,28+,30+,31+,32-,33-,35-,41+,42-,43+/m0/s1. The fourth-order valence-corrected chi connectivity index (χ4v) is 9.56. The molecule has 2 aromatic rings. The molecule has 15 nitrogen and oxygen atoms in total. The van der Waals surface area contributed by atoms with Crippen LogP contribution in [-0.4, -0.2) is 110 Å². The van der Waals surface area contributed by atoms with Gasteiger partial charge in [0.15, 0.2) is 17.5 Å². The molecule has 4 aliphatic rings. The Hall–Kier alpha value is -4.67. The number of fused-ring (bicyclic) bond motifs is 5. The van der Waals surface area contributed by atoms with Crippen LogP contribution in [0.5, 0.6) is 0 Å². The molecule has 3 aliphatic carbocycles. The molecule has 6 rings (SSSR count). The number of amides is 1. The van der Waals surface area contributed by atoms with Gasteiger partial charge >= 0.3 is 24.0 Å². The lowest BCUT2D eigenvalue weighted by atomic mass is 9.44. The van der Waals surface area contributed by atoms with Crippen LogP contribution in [0.1, 0.15) is 90.2 Å². The van der Waals surface area contributed by atoms with E-state index in [0.29, 0.717) is 5.56 Å². The van der Waals surface area contributed by atoms with Gasteiger partial charge in [-0.05, 0) is 63.5 Å². The van der Waals surface area contributed by atoms with Crippen molar-refractivity contribution < 1.29 is 68.1 Å². The largest absolute Gasteiger partial charge is 0.456 e. The van der Waals surface area contributed by atoms with E-state index in [-0.39, 0.29) is 29.7 Å². The third kappa shape index (κ3) is 7.10. The van der Waals surface area contributed by atoms with Crippen LogP contribution in [0.3, 0.4) is 0 Å². The number of ether oxygens (including phenoxy) is 5. The summed E-state index contributed by atoms with van der Waals surface area (Å²) in [6.45, 7) is 11.8. The number of aliphatic hydroxyl groups is 4. The quantitative estimate of drug-likeness (QED) is 0.147. The number of hydrogen-bond acceptors (Lipinski definition) is 14. The van der Waals surface area contributed by atoms with Gasteiger partial charge in [0, 0.05) is 25.2 Å². The van der Waals surface area contributed by atoms with E-state index in [1.165, 1.54) is 26.0 Å². The summed E-state index contributed by atoms with van der Waals surface area (Å²) < 4.78 is 29.5. The molecular formula is C43H53NO14. The summed E-state index contributed by atoms with van der Waals surface area (Å²) in [7, 11) is 0. The molecule has 2 saturated carbocycles. The van der Waals surface area contributed by atoms with E-state index in [0.717, 1.165) is 6.92 Å². The lowest BCUT2D eigenvalue weighted by Gasteiger charge is -2.67. The van der Waals surface area contributed by atoms with E-state index in [9.17, 15) is 44.4 Å². The highest BCUT2D eigenvalue weighted by atomic mass is 16.6. The maximum absolute atomic E-state index is 14.9. The van der Waals surface area contributed by atoms with Gasteiger partial charge in [0.25, 0.3) is 0 Å². The van der Waals surface area contributed by atoms with Crippen LogP contribution >= 0.6 is 0 Å². The van der Waals surface area contributed by atoms with Gasteiger partial charge < -0.3 is 49.4 Å². The zero-order valence-corrected chi connectivity index (χ0v) is 33.9. The molecule has 0 spiro atoms. The third-order valence-electron chi connectivity index (χ3n) is 12.6. The molecule has 0 unspecified atom stereocenters. The minimum atomic E-state index is -2.35.